The van der Waals surface area contributed by atoms with Crippen LogP contribution in [0, 0.1) is 47.3 Å². The Hall–Kier alpha value is -3.02. The summed E-state index contributed by atoms with van der Waals surface area (Å²) in [5.74, 6) is -0.161. The smallest absolute Gasteiger partial charge is 0.234 e. The van der Waals surface area contributed by atoms with Crippen molar-refractivity contribution in [1.29, 1.82) is 0 Å². The van der Waals surface area contributed by atoms with Crippen molar-refractivity contribution in [2.24, 2.45) is 47.3 Å². The highest BCUT2D eigenvalue weighted by atomic mass is 16.2. The Kier molecular flexibility index (Phi) is 4.05. The van der Waals surface area contributed by atoms with E-state index in [0.29, 0.717) is 0 Å². The second-order valence-electron chi connectivity index (χ2n) is 11.3. The average molecular weight is 457 g/mol. The van der Waals surface area contributed by atoms with E-state index in [4.69, 9.17) is 0 Å². The van der Waals surface area contributed by atoms with Gasteiger partial charge < -0.3 is 0 Å². The molecule has 1 aromatic carbocycles. The average Bonchev–Trinajstić information content (AvgIpc) is 3.62. The van der Waals surface area contributed by atoms with Crippen molar-refractivity contribution < 1.29 is 19.2 Å². The fourth-order valence-corrected chi connectivity index (χ4v) is 8.18. The Morgan fingerprint density at radius 2 is 1.09 bits per heavy atom. The van der Waals surface area contributed by atoms with Crippen LogP contribution in [0.3, 0.4) is 0 Å². The lowest BCUT2D eigenvalue weighted by Crippen LogP contribution is -2.33. The van der Waals surface area contributed by atoms with E-state index in [1.54, 1.807) is 0 Å². The van der Waals surface area contributed by atoms with Crippen molar-refractivity contribution in [2.45, 2.75) is 39.8 Å². The minimum Gasteiger partial charge on any atom is -0.278 e. The maximum Gasteiger partial charge on any atom is 0.234 e. The maximum absolute atomic E-state index is 13.2. The Bertz CT molecular complexity index is 1150. The molecule has 8 atom stereocenters. The molecule has 174 valence electrons. The zero-order valence-corrected chi connectivity index (χ0v) is 19.4. The molecule has 0 aromatic heterocycles. The molecule has 7 rings (SSSR count). The van der Waals surface area contributed by atoms with Crippen molar-refractivity contribution in [1.82, 2.24) is 9.80 Å². The van der Waals surface area contributed by atoms with Crippen LogP contribution < -0.4 is 0 Å². The highest BCUT2D eigenvalue weighted by molar-refractivity contribution is 6.07. The van der Waals surface area contributed by atoms with E-state index in [1.165, 1.54) is 20.9 Å². The molecule has 0 radical (unpaired) electrons. The summed E-state index contributed by atoms with van der Waals surface area (Å²) in [5, 5.41) is 0. The van der Waals surface area contributed by atoms with Gasteiger partial charge in [0.1, 0.15) is 0 Å². The standard InChI is InChI=1S/C28H28N2O4/c1-13-6-17-9-19(13)23-21(17)25(31)29(27(23)33)11-15-4-3-5-16(8-15)12-30-26(32)22-18-7-14(2)20(10-18)24(22)28(30)34/h3-8,17-24H,9-12H2,1-2H3. The number of likely N-dealkylation sites (tertiary alicyclic amines) is 2. The quantitative estimate of drug-likeness (QED) is 0.516. The van der Waals surface area contributed by atoms with Gasteiger partial charge in [0, 0.05) is 0 Å². The molecule has 1 aromatic rings. The summed E-state index contributed by atoms with van der Waals surface area (Å²) in [5.41, 5.74) is 4.21. The Balaban J connectivity index is 1.09. The molecule has 2 heterocycles. The topological polar surface area (TPSA) is 74.8 Å². The van der Waals surface area contributed by atoms with Gasteiger partial charge in [-0.2, -0.15) is 0 Å². The minimum atomic E-state index is -0.198. The summed E-state index contributed by atoms with van der Waals surface area (Å²) in [6.45, 7) is 4.64. The highest BCUT2D eigenvalue weighted by Crippen LogP contribution is 2.56. The Morgan fingerprint density at radius 1 is 0.676 bits per heavy atom. The molecule has 34 heavy (non-hydrogen) atoms. The van der Waals surface area contributed by atoms with E-state index in [1.807, 2.05) is 24.3 Å². The van der Waals surface area contributed by atoms with Crippen molar-refractivity contribution in [2.75, 3.05) is 0 Å². The van der Waals surface area contributed by atoms with Crippen LogP contribution in [-0.2, 0) is 32.3 Å². The fraction of sp³-hybridized carbons (Fsp3) is 0.500. The zero-order valence-electron chi connectivity index (χ0n) is 19.4. The first kappa shape index (κ1) is 20.4. The number of amides is 4. The van der Waals surface area contributed by atoms with Crippen LogP contribution in [-0.4, -0.2) is 33.4 Å². The van der Waals surface area contributed by atoms with Crippen molar-refractivity contribution in [3.05, 3.63) is 58.7 Å². The van der Waals surface area contributed by atoms with Crippen molar-refractivity contribution in [3.8, 4) is 0 Å². The molecule has 2 aliphatic heterocycles. The summed E-state index contributed by atoms with van der Waals surface area (Å²) in [6, 6.07) is 7.63. The zero-order chi connectivity index (χ0) is 23.5. The van der Waals surface area contributed by atoms with Gasteiger partial charge in [0.2, 0.25) is 23.6 Å². The number of carbonyl (C=O) groups is 4. The fourth-order valence-electron chi connectivity index (χ4n) is 8.18. The molecule has 6 aliphatic rings. The molecule has 4 aliphatic carbocycles. The summed E-state index contributed by atoms with van der Waals surface area (Å²) in [6.07, 6.45) is 6.23. The number of nitrogens with zero attached hydrogens (tertiary/aromatic N) is 2. The monoisotopic (exact) mass is 456 g/mol. The third kappa shape index (κ3) is 2.51. The number of imide groups is 2. The highest BCUT2D eigenvalue weighted by Gasteiger charge is 2.61. The third-order valence-electron chi connectivity index (χ3n) is 9.62. The summed E-state index contributed by atoms with van der Waals surface area (Å²) in [7, 11) is 0. The van der Waals surface area contributed by atoms with Crippen molar-refractivity contribution >= 4 is 23.6 Å². The molecule has 0 N–H and O–H groups in total. The maximum atomic E-state index is 13.2. The predicted octanol–water partition coefficient (Wildman–Crippen LogP) is 3.08. The predicted molar refractivity (Wildman–Crippen MR) is 122 cm³/mol. The molecule has 2 saturated heterocycles. The normalized spacial score (nSPS) is 39.4. The van der Waals surface area contributed by atoms with E-state index >= 15 is 0 Å². The molecular formula is C28H28N2O4. The number of hydrogen-bond donors (Lipinski definition) is 0. The van der Waals surface area contributed by atoms with Gasteiger partial charge in [-0.3, -0.25) is 29.0 Å². The second kappa shape index (κ2) is 6.77. The number of fused-ring (bicyclic) bond motifs is 10. The van der Waals surface area contributed by atoms with E-state index in [9.17, 15) is 19.2 Å². The SMILES string of the molecule is CC1=CC2CC1C1C(=O)N(Cc3cccc(CN4C(=O)C5C6C=C(C)C(C6)C5C4=O)c3)C(=O)C21. The first-order valence-electron chi connectivity index (χ1n) is 12.5. The number of hydrogen-bond acceptors (Lipinski definition) is 4. The van der Waals surface area contributed by atoms with Gasteiger partial charge in [0.05, 0.1) is 36.8 Å². The number of benzene rings is 1. The number of allylic oxidation sites excluding steroid dienone is 4. The van der Waals surface area contributed by atoms with E-state index in [-0.39, 0.29) is 84.1 Å². The molecule has 4 bridgehead atoms. The van der Waals surface area contributed by atoms with Gasteiger partial charge in [-0.05, 0) is 61.5 Å². The van der Waals surface area contributed by atoms with E-state index in [2.05, 4.69) is 26.0 Å². The molecular weight excluding hydrogens is 428 g/mol. The lowest BCUT2D eigenvalue weighted by Gasteiger charge is -2.20. The minimum absolute atomic E-state index is 0.0450. The number of carbonyl (C=O) groups excluding carboxylic acids is 4. The number of rotatable bonds is 4. The summed E-state index contributed by atoms with van der Waals surface area (Å²) < 4.78 is 0. The van der Waals surface area contributed by atoms with Crippen LogP contribution in [0.2, 0.25) is 0 Å². The van der Waals surface area contributed by atoms with Crippen LogP contribution in [0.4, 0.5) is 0 Å². The van der Waals surface area contributed by atoms with Crippen LogP contribution in [0.1, 0.15) is 37.8 Å². The Morgan fingerprint density at radius 3 is 1.53 bits per heavy atom. The van der Waals surface area contributed by atoms with Gasteiger partial charge in [-0.15, -0.1) is 0 Å². The van der Waals surface area contributed by atoms with Gasteiger partial charge in [0.15, 0.2) is 0 Å². The molecule has 4 fully saturated rings. The second-order valence-corrected chi connectivity index (χ2v) is 11.3. The molecule has 6 nitrogen and oxygen atoms in total. The molecule has 2 saturated carbocycles. The van der Waals surface area contributed by atoms with Crippen molar-refractivity contribution in [3.63, 3.8) is 0 Å². The van der Waals surface area contributed by atoms with Gasteiger partial charge >= 0.3 is 0 Å². The third-order valence-corrected chi connectivity index (χ3v) is 9.62. The van der Waals surface area contributed by atoms with E-state index < -0.39 is 0 Å². The summed E-state index contributed by atoms with van der Waals surface area (Å²) >= 11 is 0. The Labute approximate surface area is 198 Å². The first-order valence-corrected chi connectivity index (χ1v) is 12.5. The summed E-state index contributed by atoms with van der Waals surface area (Å²) in [4.78, 5) is 55.5. The molecule has 4 amide bonds. The van der Waals surface area contributed by atoms with Gasteiger partial charge in [0.25, 0.3) is 0 Å². The van der Waals surface area contributed by atoms with Gasteiger partial charge in [-0.25, -0.2) is 0 Å². The van der Waals surface area contributed by atoms with Gasteiger partial charge in [-0.1, -0.05) is 47.6 Å². The van der Waals surface area contributed by atoms with Crippen LogP contribution in [0.5, 0.6) is 0 Å². The largest absolute Gasteiger partial charge is 0.278 e. The van der Waals surface area contributed by atoms with Crippen LogP contribution in [0.25, 0.3) is 0 Å². The van der Waals surface area contributed by atoms with Crippen LogP contribution in [0.15, 0.2) is 47.6 Å². The lowest BCUT2D eigenvalue weighted by atomic mass is 9.82. The lowest BCUT2D eigenvalue weighted by molar-refractivity contribution is -0.142. The molecule has 0 spiro atoms. The van der Waals surface area contributed by atoms with E-state index in [0.717, 1.165) is 24.0 Å². The molecule has 6 heteroatoms. The molecule has 8 unspecified atom stereocenters. The van der Waals surface area contributed by atoms with Crippen LogP contribution >= 0.6 is 0 Å². The first-order chi connectivity index (χ1) is 16.3.